The lowest BCUT2D eigenvalue weighted by Crippen LogP contribution is -2.23. The Morgan fingerprint density at radius 1 is 1.43 bits per heavy atom. The van der Waals surface area contributed by atoms with Crippen LogP contribution in [0, 0.1) is 5.92 Å². The van der Waals surface area contributed by atoms with Crippen LogP contribution in [-0.2, 0) is 6.54 Å². The fourth-order valence-electron chi connectivity index (χ4n) is 2.91. The Kier molecular flexibility index (Phi) is 4.37. The van der Waals surface area contributed by atoms with Crippen molar-refractivity contribution in [3.05, 3.63) is 44.9 Å². The van der Waals surface area contributed by atoms with Gasteiger partial charge in [0.15, 0.2) is 0 Å². The minimum Gasteiger partial charge on any atom is -0.396 e. The summed E-state index contributed by atoms with van der Waals surface area (Å²) in [6.45, 7) is 2.93. The number of rotatable bonds is 4. The maximum absolute atomic E-state index is 12.1. The van der Waals surface area contributed by atoms with Crippen LogP contribution < -0.4 is 5.56 Å². The van der Waals surface area contributed by atoms with Crippen LogP contribution >= 0.6 is 15.9 Å². The van der Waals surface area contributed by atoms with Gasteiger partial charge in [-0.1, -0.05) is 0 Å². The molecule has 1 atom stereocenters. The molecule has 3 rings (SSSR count). The first-order valence-electron chi connectivity index (χ1n) is 7.17. The third kappa shape index (κ3) is 3.33. The van der Waals surface area contributed by atoms with E-state index in [0.29, 0.717) is 18.1 Å². The van der Waals surface area contributed by atoms with Crippen LogP contribution in [0.2, 0.25) is 0 Å². The molecule has 1 fully saturated rings. The van der Waals surface area contributed by atoms with Crippen LogP contribution in [-0.4, -0.2) is 39.1 Å². The number of aromatic nitrogens is 2. The van der Waals surface area contributed by atoms with Crippen molar-refractivity contribution in [3.8, 4) is 0 Å². The lowest BCUT2D eigenvalue weighted by molar-refractivity contribution is 0.249. The van der Waals surface area contributed by atoms with E-state index in [1.807, 2.05) is 12.1 Å². The standard InChI is InChI=1S/C15H18BrN3O2/c16-12-1-2-14-17-13(7-15(21)19(14)9-12)10-18-5-3-11(8-18)4-6-20/h1-2,7,9,11,20H,3-6,8,10H2. The first-order valence-corrected chi connectivity index (χ1v) is 7.96. The summed E-state index contributed by atoms with van der Waals surface area (Å²) in [6, 6.07) is 5.34. The number of aliphatic hydroxyl groups excluding tert-OH is 1. The molecule has 0 spiro atoms. The molecule has 3 heterocycles. The number of hydrogen-bond donors (Lipinski definition) is 1. The molecule has 1 aliphatic heterocycles. The minimum atomic E-state index is -0.0533. The van der Waals surface area contributed by atoms with Gasteiger partial charge in [0, 0.05) is 36.4 Å². The average Bonchev–Trinajstić information content (AvgIpc) is 2.87. The second-order valence-corrected chi connectivity index (χ2v) is 6.48. The molecule has 2 aromatic heterocycles. The van der Waals surface area contributed by atoms with Crippen molar-refractivity contribution in [2.24, 2.45) is 5.92 Å². The topological polar surface area (TPSA) is 57.8 Å². The molecule has 0 saturated carbocycles. The summed E-state index contributed by atoms with van der Waals surface area (Å²) in [7, 11) is 0. The van der Waals surface area contributed by atoms with Crippen molar-refractivity contribution in [2.45, 2.75) is 19.4 Å². The monoisotopic (exact) mass is 351 g/mol. The molecule has 21 heavy (non-hydrogen) atoms. The van der Waals surface area contributed by atoms with Gasteiger partial charge in [0.2, 0.25) is 0 Å². The minimum absolute atomic E-state index is 0.0533. The molecule has 1 aliphatic rings. The first-order chi connectivity index (χ1) is 10.2. The van der Waals surface area contributed by atoms with Gasteiger partial charge in [-0.25, -0.2) is 4.98 Å². The molecule has 0 radical (unpaired) electrons. The van der Waals surface area contributed by atoms with Crippen LogP contribution in [0.5, 0.6) is 0 Å². The molecule has 6 heteroatoms. The Balaban J connectivity index is 1.79. The quantitative estimate of drug-likeness (QED) is 0.909. The molecule has 1 N–H and O–H groups in total. The zero-order chi connectivity index (χ0) is 14.8. The van der Waals surface area contributed by atoms with Crippen molar-refractivity contribution in [1.29, 1.82) is 0 Å². The van der Waals surface area contributed by atoms with Gasteiger partial charge in [0.1, 0.15) is 5.65 Å². The summed E-state index contributed by atoms with van der Waals surface area (Å²) in [6.07, 6.45) is 3.71. The Labute approximate surface area is 131 Å². The smallest absolute Gasteiger partial charge is 0.258 e. The molecule has 5 nitrogen and oxygen atoms in total. The fraction of sp³-hybridized carbons (Fsp3) is 0.467. The van der Waals surface area contributed by atoms with Gasteiger partial charge in [-0.05, 0) is 53.4 Å². The van der Waals surface area contributed by atoms with E-state index in [-0.39, 0.29) is 12.2 Å². The summed E-state index contributed by atoms with van der Waals surface area (Å²) < 4.78 is 2.41. The first kappa shape index (κ1) is 14.7. The Hall–Kier alpha value is -1.24. The van der Waals surface area contributed by atoms with E-state index in [0.717, 1.165) is 36.1 Å². The van der Waals surface area contributed by atoms with E-state index < -0.39 is 0 Å². The number of aliphatic hydroxyl groups is 1. The van der Waals surface area contributed by atoms with E-state index in [9.17, 15) is 4.79 Å². The molecule has 1 saturated heterocycles. The molecule has 2 aromatic rings. The van der Waals surface area contributed by atoms with Crippen molar-refractivity contribution in [1.82, 2.24) is 14.3 Å². The highest BCUT2D eigenvalue weighted by molar-refractivity contribution is 9.10. The molecule has 0 aliphatic carbocycles. The summed E-state index contributed by atoms with van der Waals surface area (Å²) in [5, 5.41) is 9.00. The number of nitrogens with zero attached hydrogens (tertiary/aromatic N) is 3. The highest BCUT2D eigenvalue weighted by atomic mass is 79.9. The highest BCUT2D eigenvalue weighted by Crippen LogP contribution is 2.20. The lowest BCUT2D eigenvalue weighted by Gasteiger charge is -2.15. The second kappa shape index (κ2) is 6.25. The maximum atomic E-state index is 12.1. The van der Waals surface area contributed by atoms with Crippen LogP contribution in [0.15, 0.2) is 33.7 Å². The summed E-state index contributed by atoms with van der Waals surface area (Å²) in [5.74, 6) is 0.563. The molecule has 0 amide bonds. The second-order valence-electron chi connectivity index (χ2n) is 5.56. The normalized spacial score (nSPS) is 19.4. The number of halogens is 1. The molecule has 112 valence electrons. The molecule has 0 bridgehead atoms. The SMILES string of the molecule is O=c1cc(CN2CCC(CCO)C2)nc2ccc(Br)cn12. The van der Waals surface area contributed by atoms with E-state index in [1.54, 1.807) is 16.7 Å². The molecule has 1 unspecified atom stereocenters. The number of hydrogen-bond acceptors (Lipinski definition) is 4. The van der Waals surface area contributed by atoms with Gasteiger partial charge >= 0.3 is 0 Å². The number of pyridine rings is 1. The third-order valence-corrected chi connectivity index (χ3v) is 4.44. The van der Waals surface area contributed by atoms with Crippen molar-refractivity contribution in [2.75, 3.05) is 19.7 Å². The molecular weight excluding hydrogens is 334 g/mol. The molecular formula is C15H18BrN3O2. The van der Waals surface area contributed by atoms with Crippen LogP contribution in [0.25, 0.3) is 5.65 Å². The molecule has 0 aromatic carbocycles. The largest absolute Gasteiger partial charge is 0.396 e. The summed E-state index contributed by atoms with van der Waals surface area (Å²) in [4.78, 5) is 19.0. The lowest BCUT2D eigenvalue weighted by atomic mass is 10.1. The van der Waals surface area contributed by atoms with Gasteiger partial charge in [-0.2, -0.15) is 0 Å². The van der Waals surface area contributed by atoms with Gasteiger partial charge in [0.05, 0.1) is 5.69 Å². The van der Waals surface area contributed by atoms with Crippen LogP contribution in [0.1, 0.15) is 18.5 Å². The van der Waals surface area contributed by atoms with E-state index >= 15 is 0 Å². The van der Waals surface area contributed by atoms with Gasteiger partial charge in [-0.15, -0.1) is 0 Å². The highest BCUT2D eigenvalue weighted by Gasteiger charge is 2.22. The van der Waals surface area contributed by atoms with Gasteiger partial charge in [0.25, 0.3) is 5.56 Å². The maximum Gasteiger partial charge on any atom is 0.258 e. The Bertz CT molecular complexity index is 701. The fourth-order valence-corrected chi connectivity index (χ4v) is 3.25. The van der Waals surface area contributed by atoms with Crippen molar-refractivity contribution >= 4 is 21.6 Å². The van der Waals surface area contributed by atoms with Crippen molar-refractivity contribution in [3.63, 3.8) is 0 Å². The van der Waals surface area contributed by atoms with E-state index in [2.05, 4.69) is 25.8 Å². The number of fused-ring (bicyclic) bond motifs is 1. The predicted octanol–water partition coefficient (Wildman–Crippen LogP) is 1.66. The Morgan fingerprint density at radius 3 is 3.10 bits per heavy atom. The van der Waals surface area contributed by atoms with Gasteiger partial charge < -0.3 is 5.11 Å². The Morgan fingerprint density at radius 2 is 2.29 bits per heavy atom. The van der Waals surface area contributed by atoms with Crippen LogP contribution in [0.4, 0.5) is 0 Å². The predicted molar refractivity (Wildman–Crippen MR) is 84.2 cm³/mol. The zero-order valence-electron chi connectivity index (χ0n) is 11.7. The van der Waals surface area contributed by atoms with Gasteiger partial charge in [-0.3, -0.25) is 14.1 Å². The zero-order valence-corrected chi connectivity index (χ0v) is 13.3. The average molecular weight is 352 g/mol. The van der Waals surface area contributed by atoms with E-state index in [4.69, 9.17) is 5.11 Å². The third-order valence-electron chi connectivity index (χ3n) is 3.97. The number of likely N-dealkylation sites (tertiary alicyclic amines) is 1. The van der Waals surface area contributed by atoms with Crippen LogP contribution in [0.3, 0.4) is 0 Å². The summed E-state index contributed by atoms with van der Waals surface area (Å²) in [5.41, 5.74) is 1.43. The van der Waals surface area contributed by atoms with Crippen molar-refractivity contribution < 1.29 is 5.11 Å². The summed E-state index contributed by atoms with van der Waals surface area (Å²) >= 11 is 3.36. The van der Waals surface area contributed by atoms with E-state index in [1.165, 1.54) is 0 Å².